The lowest BCUT2D eigenvalue weighted by atomic mass is 10.1. The Morgan fingerprint density at radius 1 is 1.38 bits per heavy atom. The number of aliphatic carboxylic acids is 1. The van der Waals surface area contributed by atoms with E-state index < -0.39 is 5.97 Å². The van der Waals surface area contributed by atoms with Crippen molar-refractivity contribution in [3.8, 4) is 0 Å². The number of amides is 2. The van der Waals surface area contributed by atoms with Crippen molar-refractivity contribution in [3.05, 3.63) is 29.8 Å². The number of benzene rings is 1. The summed E-state index contributed by atoms with van der Waals surface area (Å²) in [6.07, 6.45) is 0.438. The molecule has 110 valence electrons. The average Bonchev–Trinajstić information content (AvgIpc) is 2.41. The van der Waals surface area contributed by atoms with Gasteiger partial charge in [0.2, 0.25) is 5.91 Å². The molecule has 0 aromatic heterocycles. The highest BCUT2D eigenvalue weighted by molar-refractivity contribution is 6.43. The van der Waals surface area contributed by atoms with Gasteiger partial charge in [0.05, 0.1) is 6.42 Å². The Kier molecular flexibility index (Phi) is 4.32. The van der Waals surface area contributed by atoms with Crippen LogP contribution in [0.2, 0.25) is 0 Å². The second-order valence-electron chi connectivity index (χ2n) is 4.69. The number of carboxylic acids is 1. The van der Waals surface area contributed by atoms with Crippen molar-refractivity contribution < 1.29 is 19.5 Å². The molecule has 1 heterocycles. The molecule has 2 N–H and O–H groups in total. The zero-order valence-corrected chi connectivity index (χ0v) is 11.5. The number of hydrogen-bond donors (Lipinski definition) is 2. The zero-order valence-electron chi connectivity index (χ0n) is 11.5. The number of carbonyl (C=O) groups excluding carboxylic acids is 2. The number of rotatable bonds is 4. The standard InChI is InChI=1S/C14H15N3O4/c1-17-12(18)6-5-11(16-17)14(21)15-10-4-2-3-9(7-10)8-13(19)20/h2-4,7H,5-6,8H2,1H3,(H,15,21)(H,19,20). The summed E-state index contributed by atoms with van der Waals surface area (Å²) in [6.45, 7) is 0. The van der Waals surface area contributed by atoms with Crippen molar-refractivity contribution in [2.24, 2.45) is 5.10 Å². The highest BCUT2D eigenvalue weighted by Crippen LogP contribution is 2.13. The fourth-order valence-electron chi connectivity index (χ4n) is 1.97. The summed E-state index contributed by atoms with van der Waals surface area (Å²) in [6, 6.07) is 6.62. The third-order valence-electron chi connectivity index (χ3n) is 3.01. The van der Waals surface area contributed by atoms with Crippen LogP contribution in [0, 0.1) is 0 Å². The Labute approximate surface area is 121 Å². The number of hydrogen-bond acceptors (Lipinski definition) is 4. The molecule has 1 aliphatic heterocycles. The van der Waals surface area contributed by atoms with Gasteiger partial charge in [0.25, 0.3) is 5.91 Å². The lowest BCUT2D eigenvalue weighted by Crippen LogP contribution is -2.34. The van der Waals surface area contributed by atoms with Gasteiger partial charge in [-0.1, -0.05) is 12.1 Å². The zero-order chi connectivity index (χ0) is 15.4. The minimum atomic E-state index is -0.935. The van der Waals surface area contributed by atoms with Crippen molar-refractivity contribution in [2.75, 3.05) is 12.4 Å². The van der Waals surface area contributed by atoms with Gasteiger partial charge in [0.1, 0.15) is 5.71 Å². The van der Waals surface area contributed by atoms with Gasteiger partial charge in [-0.15, -0.1) is 0 Å². The summed E-state index contributed by atoms with van der Waals surface area (Å²) in [5, 5.41) is 16.5. The van der Waals surface area contributed by atoms with Crippen molar-refractivity contribution in [1.29, 1.82) is 0 Å². The molecule has 0 atom stereocenters. The summed E-state index contributed by atoms with van der Waals surface area (Å²) in [5.41, 5.74) is 1.37. The van der Waals surface area contributed by atoms with E-state index in [-0.39, 0.29) is 30.4 Å². The molecule has 0 saturated heterocycles. The fraction of sp³-hybridized carbons (Fsp3) is 0.286. The van der Waals surface area contributed by atoms with E-state index in [0.29, 0.717) is 17.7 Å². The van der Waals surface area contributed by atoms with E-state index in [1.807, 2.05) is 0 Å². The number of carbonyl (C=O) groups is 3. The molecule has 0 fully saturated rings. The number of nitrogens with zero attached hydrogens (tertiary/aromatic N) is 2. The molecule has 2 amide bonds. The summed E-state index contributed by atoms with van der Waals surface area (Å²) < 4.78 is 0. The Hall–Kier alpha value is -2.70. The molecule has 2 rings (SSSR count). The number of nitrogens with one attached hydrogen (secondary N) is 1. The minimum absolute atomic E-state index is 0.109. The first kappa shape index (κ1) is 14.7. The van der Waals surface area contributed by atoms with Crippen LogP contribution in [-0.2, 0) is 20.8 Å². The molecule has 1 aromatic rings. The van der Waals surface area contributed by atoms with Gasteiger partial charge in [-0.2, -0.15) is 5.10 Å². The first-order chi connectivity index (χ1) is 9.95. The summed E-state index contributed by atoms with van der Waals surface area (Å²) in [7, 11) is 1.50. The maximum absolute atomic E-state index is 12.1. The third-order valence-corrected chi connectivity index (χ3v) is 3.01. The van der Waals surface area contributed by atoms with Crippen molar-refractivity contribution >= 4 is 29.2 Å². The average molecular weight is 289 g/mol. The smallest absolute Gasteiger partial charge is 0.307 e. The summed E-state index contributed by atoms with van der Waals surface area (Å²) >= 11 is 0. The molecule has 21 heavy (non-hydrogen) atoms. The molecule has 7 nitrogen and oxygen atoms in total. The van der Waals surface area contributed by atoms with Crippen LogP contribution in [0.3, 0.4) is 0 Å². The van der Waals surface area contributed by atoms with E-state index in [4.69, 9.17) is 5.11 Å². The minimum Gasteiger partial charge on any atom is -0.481 e. The van der Waals surface area contributed by atoms with Crippen LogP contribution in [0.25, 0.3) is 0 Å². The molecule has 0 radical (unpaired) electrons. The van der Waals surface area contributed by atoms with Crippen LogP contribution in [0.1, 0.15) is 18.4 Å². The molecule has 0 aliphatic carbocycles. The van der Waals surface area contributed by atoms with Gasteiger partial charge in [0, 0.05) is 25.6 Å². The second-order valence-corrected chi connectivity index (χ2v) is 4.69. The summed E-state index contributed by atoms with van der Waals surface area (Å²) in [5.74, 6) is -1.45. The van der Waals surface area contributed by atoms with Crippen molar-refractivity contribution in [2.45, 2.75) is 19.3 Å². The highest BCUT2D eigenvalue weighted by Gasteiger charge is 2.21. The molecule has 0 saturated carbocycles. The van der Waals surface area contributed by atoms with Crippen LogP contribution in [0.4, 0.5) is 5.69 Å². The van der Waals surface area contributed by atoms with E-state index in [1.54, 1.807) is 24.3 Å². The number of anilines is 1. The van der Waals surface area contributed by atoms with Gasteiger partial charge in [-0.3, -0.25) is 14.4 Å². The lowest BCUT2D eigenvalue weighted by Gasteiger charge is -2.19. The molecule has 0 unspecified atom stereocenters. The maximum Gasteiger partial charge on any atom is 0.307 e. The number of hydrazone groups is 1. The van der Waals surface area contributed by atoms with E-state index in [1.165, 1.54) is 7.05 Å². The Bertz CT molecular complexity index is 624. The van der Waals surface area contributed by atoms with Crippen molar-refractivity contribution in [3.63, 3.8) is 0 Å². The number of carboxylic acid groups (broad SMARTS) is 1. The van der Waals surface area contributed by atoms with Gasteiger partial charge in [0.15, 0.2) is 0 Å². The molecule has 1 aromatic carbocycles. The largest absolute Gasteiger partial charge is 0.481 e. The quantitative estimate of drug-likeness (QED) is 0.858. The molecular formula is C14H15N3O4. The van der Waals surface area contributed by atoms with E-state index in [2.05, 4.69) is 10.4 Å². The predicted octanol–water partition coefficient (Wildman–Crippen LogP) is 0.860. The van der Waals surface area contributed by atoms with Crippen LogP contribution < -0.4 is 5.32 Å². The van der Waals surface area contributed by atoms with Gasteiger partial charge in [-0.25, -0.2) is 5.01 Å². The summed E-state index contributed by atoms with van der Waals surface area (Å²) in [4.78, 5) is 34.0. The lowest BCUT2D eigenvalue weighted by molar-refractivity contribution is -0.136. The fourth-order valence-corrected chi connectivity index (χ4v) is 1.97. The molecule has 7 heteroatoms. The van der Waals surface area contributed by atoms with Gasteiger partial charge >= 0.3 is 5.97 Å². The van der Waals surface area contributed by atoms with E-state index in [0.717, 1.165) is 5.01 Å². The maximum atomic E-state index is 12.1. The molecule has 1 aliphatic rings. The van der Waals surface area contributed by atoms with Gasteiger partial charge in [-0.05, 0) is 17.7 Å². The van der Waals surface area contributed by atoms with Crippen LogP contribution in [0.15, 0.2) is 29.4 Å². The van der Waals surface area contributed by atoms with Gasteiger partial charge < -0.3 is 10.4 Å². The second kappa shape index (κ2) is 6.17. The van der Waals surface area contributed by atoms with Crippen LogP contribution >= 0.6 is 0 Å². The molecular weight excluding hydrogens is 274 g/mol. The van der Waals surface area contributed by atoms with E-state index >= 15 is 0 Å². The van der Waals surface area contributed by atoms with Crippen LogP contribution in [0.5, 0.6) is 0 Å². The Morgan fingerprint density at radius 3 is 2.81 bits per heavy atom. The SMILES string of the molecule is CN1N=C(C(=O)Nc2cccc(CC(=O)O)c2)CCC1=O. The monoisotopic (exact) mass is 289 g/mol. The first-order valence-corrected chi connectivity index (χ1v) is 6.42. The highest BCUT2D eigenvalue weighted by atomic mass is 16.4. The first-order valence-electron chi connectivity index (χ1n) is 6.42. The Morgan fingerprint density at radius 2 is 2.14 bits per heavy atom. The van der Waals surface area contributed by atoms with Crippen LogP contribution in [-0.4, -0.2) is 40.7 Å². The Balaban J connectivity index is 2.08. The van der Waals surface area contributed by atoms with Crippen molar-refractivity contribution in [1.82, 2.24) is 5.01 Å². The molecule has 0 bridgehead atoms. The molecule has 0 spiro atoms. The normalized spacial score (nSPS) is 14.6. The predicted molar refractivity (Wildman–Crippen MR) is 75.9 cm³/mol. The third kappa shape index (κ3) is 3.88. The van der Waals surface area contributed by atoms with E-state index in [9.17, 15) is 14.4 Å². The topological polar surface area (TPSA) is 99.1 Å².